The average molecular weight is 223 g/mol. The Morgan fingerprint density at radius 1 is 1.46 bits per heavy atom. The molecule has 3 nitrogen and oxygen atoms in total. The lowest BCUT2D eigenvalue weighted by Crippen LogP contribution is -2.18. The molecule has 0 spiro atoms. The number of hydrogen-bond donors (Lipinski definition) is 0. The monoisotopic (exact) mass is 222 g/mol. The van der Waals surface area contributed by atoms with E-state index in [4.69, 9.17) is 15.4 Å². The summed E-state index contributed by atoms with van der Waals surface area (Å²) in [4.78, 5) is 0. The van der Waals surface area contributed by atoms with Gasteiger partial charge in [0.05, 0.1) is 6.10 Å². The van der Waals surface area contributed by atoms with Crippen molar-refractivity contribution in [2.75, 3.05) is 6.61 Å². The van der Waals surface area contributed by atoms with Crippen molar-refractivity contribution in [2.45, 2.75) is 31.8 Å². The minimum Gasteiger partial charge on any atom is -0.377 e. The van der Waals surface area contributed by atoms with Gasteiger partial charge >= 0.3 is 9.05 Å². The third kappa shape index (κ3) is 5.14. The smallest absolute Gasteiger partial charge is 0.300 e. The molecule has 0 N–H and O–H groups in total. The normalized spacial score (nSPS) is 23.3. The molecule has 5 heteroatoms. The lowest BCUT2D eigenvalue weighted by atomic mass is 10.1. The van der Waals surface area contributed by atoms with E-state index in [1.54, 1.807) is 0 Å². The Bertz CT molecular complexity index is 306. The fraction of sp³-hybridized carbons (Fsp3) is 0.750. The van der Waals surface area contributed by atoms with Crippen LogP contribution in [0.2, 0.25) is 0 Å². The Balaban J connectivity index is 2.35. The Morgan fingerprint density at radius 2 is 2.23 bits per heavy atom. The van der Waals surface area contributed by atoms with E-state index in [1.165, 1.54) is 0 Å². The van der Waals surface area contributed by atoms with Gasteiger partial charge in [-0.3, -0.25) is 0 Å². The lowest BCUT2D eigenvalue weighted by Gasteiger charge is -2.19. The topological polar surface area (TPSA) is 43.4 Å². The number of rotatable bonds is 1. The van der Waals surface area contributed by atoms with Crippen LogP contribution in [0.3, 0.4) is 0 Å². The third-order valence-corrected chi connectivity index (χ3v) is 2.42. The summed E-state index contributed by atoms with van der Waals surface area (Å²) < 4.78 is 26.2. The van der Waals surface area contributed by atoms with Crippen molar-refractivity contribution in [2.24, 2.45) is 0 Å². The maximum absolute atomic E-state index is 10.4. The predicted octanol–water partition coefficient (Wildman–Crippen LogP) is 1.48. The highest BCUT2D eigenvalue weighted by molar-refractivity contribution is 8.17. The summed E-state index contributed by atoms with van der Waals surface area (Å²) in [7, 11) is 1.24. The minimum absolute atomic E-state index is 0.0830. The quantitative estimate of drug-likeness (QED) is 0.499. The highest BCUT2D eigenvalue weighted by Gasteiger charge is 2.11. The van der Waals surface area contributed by atoms with Gasteiger partial charge in [0.15, 0.2) is 0 Å². The number of halogens is 1. The summed E-state index contributed by atoms with van der Waals surface area (Å²) >= 11 is 0. The van der Waals surface area contributed by atoms with Crippen molar-refractivity contribution in [1.82, 2.24) is 0 Å². The summed E-state index contributed by atoms with van der Waals surface area (Å²) in [5.74, 6) is 2.50. The van der Waals surface area contributed by atoms with Crippen LogP contribution in [0.25, 0.3) is 0 Å². The van der Waals surface area contributed by atoms with Gasteiger partial charge in [-0.2, -0.15) is 8.42 Å². The molecule has 1 unspecified atom stereocenters. The standard InChI is InChI=1S/C8H11ClO3S/c9-13(10,11)7-3-5-8-4-1-2-6-12-8/h8H,1-2,4-6H2. The molecule has 74 valence electrons. The van der Waals surface area contributed by atoms with Crippen LogP contribution in [0.5, 0.6) is 0 Å². The zero-order chi connectivity index (χ0) is 9.73. The molecular formula is C8H11ClO3S. The van der Waals surface area contributed by atoms with Crippen molar-refractivity contribution >= 4 is 19.7 Å². The van der Waals surface area contributed by atoms with Gasteiger partial charge in [-0.1, -0.05) is 5.92 Å². The Hall–Kier alpha value is -0.240. The minimum atomic E-state index is -3.67. The van der Waals surface area contributed by atoms with Gasteiger partial charge in [-0.05, 0) is 19.3 Å². The summed E-state index contributed by atoms with van der Waals surface area (Å²) in [6.07, 6.45) is 3.69. The molecule has 0 aliphatic carbocycles. The van der Waals surface area contributed by atoms with E-state index in [2.05, 4.69) is 5.92 Å². The molecule has 0 bridgehead atoms. The molecule has 1 atom stereocenters. The molecule has 1 rings (SSSR count). The second-order valence-corrected chi connectivity index (χ2v) is 5.21. The molecule has 1 saturated heterocycles. The third-order valence-electron chi connectivity index (χ3n) is 1.80. The average Bonchev–Trinajstić information content (AvgIpc) is 2.04. The molecule has 13 heavy (non-hydrogen) atoms. The van der Waals surface area contributed by atoms with Gasteiger partial charge < -0.3 is 4.74 Å². The van der Waals surface area contributed by atoms with Gasteiger partial charge in [0.25, 0.3) is 0 Å². The molecule has 0 saturated carbocycles. The van der Waals surface area contributed by atoms with Crippen molar-refractivity contribution in [1.29, 1.82) is 0 Å². The number of hydrogen-bond acceptors (Lipinski definition) is 3. The molecule has 1 aliphatic heterocycles. The SMILES string of the molecule is O=S(=O)(Cl)C#CCC1CCCCO1. The first-order chi connectivity index (χ1) is 6.08. The fourth-order valence-corrected chi connectivity index (χ4v) is 1.63. The largest absolute Gasteiger partial charge is 0.377 e. The zero-order valence-electron chi connectivity index (χ0n) is 7.12. The van der Waals surface area contributed by atoms with Crippen LogP contribution < -0.4 is 0 Å². The number of ether oxygens (including phenoxy) is 1. The van der Waals surface area contributed by atoms with Crippen molar-refractivity contribution < 1.29 is 13.2 Å². The Labute approximate surface area is 82.8 Å². The molecule has 1 heterocycles. The van der Waals surface area contributed by atoms with Crippen molar-refractivity contribution in [3.63, 3.8) is 0 Å². The first-order valence-electron chi connectivity index (χ1n) is 4.14. The van der Waals surface area contributed by atoms with E-state index in [0.717, 1.165) is 25.9 Å². The summed E-state index contributed by atoms with van der Waals surface area (Å²) in [6.45, 7) is 0.750. The highest BCUT2D eigenvalue weighted by atomic mass is 35.7. The van der Waals surface area contributed by atoms with Crippen LogP contribution in [0, 0.1) is 11.2 Å². The van der Waals surface area contributed by atoms with Crippen LogP contribution in [0.15, 0.2) is 0 Å². The second kappa shape index (κ2) is 4.85. The van der Waals surface area contributed by atoms with E-state index in [9.17, 15) is 8.42 Å². The van der Waals surface area contributed by atoms with E-state index < -0.39 is 9.05 Å². The molecule has 0 amide bonds. The molecule has 0 aromatic heterocycles. The molecule has 0 radical (unpaired) electrons. The fourth-order valence-electron chi connectivity index (χ4n) is 1.21. The van der Waals surface area contributed by atoms with E-state index in [1.807, 2.05) is 5.25 Å². The lowest BCUT2D eigenvalue weighted by molar-refractivity contribution is 0.0197. The van der Waals surface area contributed by atoms with Gasteiger partial charge in [0.1, 0.15) is 0 Å². The maximum atomic E-state index is 10.4. The van der Waals surface area contributed by atoms with Crippen molar-refractivity contribution in [3.05, 3.63) is 0 Å². The van der Waals surface area contributed by atoms with E-state index >= 15 is 0 Å². The molecule has 1 aliphatic rings. The molecule has 0 aromatic carbocycles. The second-order valence-electron chi connectivity index (χ2n) is 2.91. The summed E-state index contributed by atoms with van der Waals surface area (Å²) in [5.41, 5.74) is 0. The molecule has 1 fully saturated rings. The first-order valence-corrected chi connectivity index (χ1v) is 6.45. The Kier molecular flexibility index (Phi) is 4.04. The highest BCUT2D eigenvalue weighted by Crippen LogP contribution is 2.14. The van der Waals surface area contributed by atoms with Crippen LogP contribution in [0.4, 0.5) is 0 Å². The first kappa shape index (κ1) is 10.8. The summed E-state index contributed by atoms with van der Waals surface area (Å²) in [6, 6.07) is 0. The molecule has 0 aromatic rings. The Morgan fingerprint density at radius 3 is 2.77 bits per heavy atom. The zero-order valence-corrected chi connectivity index (χ0v) is 8.70. The molecular weight excluding hydrogens is 212 g/mol. The predicted molar refractivity (Wildman–Crippen MR) is 50.8 cm³/mol. The summed E-state index contributed by atoms with van der Waals surface area (Å²) in [5, 5.41) is 1.98. The van der Waals surface area contributed by atoms with Gasteiger partial charge in [0, 0.05) is 29.0 Å². The van der Waals surface area contributed by atoms with Crippen LogP contribution in [0.1, 0.15) is 25.7 Å². The van der Waals surface area contributed by atoms with Gasteiger partial charge in [0.2, 0.25) is 0 Å². The van der Waals surface area contributed by atoms with Crippen LogP contribution in [-0.4, -0.2) is 21.1 Å². The van der Waals surface area contributed by atoms with E-state index in [0.29, 0.717) is 6.42 Å². The van der Waals surface area contributed by atoms with Crippen molar-refractivity contribution in [3.8, 4) is 11.2 Å². The van der Waals surface area contributed by atoms with Gasteiger partial charge in [-0.15, -0.1) is 0 Å². The van der Waals surface area contributed by atoms with Crippen LogP contribution >= 0.6 is 10.7 Å². The van der Waals surface area contributed by atoms with E-state index in [-0.39, 0.29) is 6.10 Å². The van der Waals surface area contributed by atoms with Gasteiger partial charge in [-0.25, -0.2) is 0 Å². The van der Waals surface area contributed by atoms with Crippen LogP contribution in [-0.2, 0) is 13.8 Å². The maximum Gasteiger partial charge on any atom is 0.300 e.